The topological polar surface area (TPSA) is 22.1 Å². The largest absolute Gasteiger partial charge is 0.496 e. The maximum absolute atomic E-state index is 5.83. The number of hydrogen-bond donors (Lipinski definition) is 0. The smallest absolute Gasteiger partial charge is 0.129 e. The van der Waals surface area contributed by atoms with Gasteiger partial charge in [0.05, 0.1) is 12.6 Å². The summed E-state index contributed by atoms with van der Waals surface area (Å²) in [5.41, 5.74) is 0.854. The Hall–Kier alpha value is -1.28. The molecule has 1 aromatic heterocycles. The molecule has 0 unspecified atom stereocenters. The van der Waals surface area contributed by atoms with E-state index >= 15 is 0 Å². The number of nitrogens with zero attached hydrogens (tertiary/aromatic N) is 1. The standard InChI is InChI=1S/C10H8ClNO.2C3H8/c1-13-10-4-5-12-9-6-7(11)2-3-8(9)10;2*1-3-2/h2-6H,1H3;2*3H2,1-2H3. The van der Waals surface area contributed by atoms with Crippen molar-refractivity contribution in [2.75, 3.05) is 7.11 Å². The average Bonchev–Trinajstić information content (AvgIpc) is 2.39. The van der Waals surface area contributed by atoms with Gasteiger partial charge in [-0.3, -0.25) is 4.98 Å². The predicted octanol–water partition coefficient (Wildman–Crippen LogP) is 5.73. The molecular formula is C16H24ClNO. The van der Waals surface area contributed by atoms with E-state index in [0.29, 0.717) is 5.02 Å². The van der Waals surface area contributed by atoms with Crippen LogP contribution in [0.2, 0.25) is 5.02 Å². The summed E-state index contributed by atoms with van der Waals surface area (Å²) in [5.74, 6) is 0.821. The van der Waals surface area contributed by atoms with Crippen molar-refractivity contribution in [3.63, 3.8) is 0 Å². The third-order valence-electron chi connectivity index (χ3n) is 1.88. The Morgan fingerprint density at radius 2 is 1.63 bits per heavy atom. The molecule has 0 amide bonds. The lowest BCUT2D eigenvalue weighted by Gasteiger charge is -2.03. The van der Waals surface area contributed by atoms with Crippen molar-refractivity contribution in [3.8, 4) is 5.75 Å². The first kappa shape index (κ1) is 17.7. The average molecular weight is 282 g/mol. The Morgan fingerprint density at radius 3 is 2.16 bits per heavy atom. The Balaban J connectivity index is 0.000000465. The highest BCUT2D eigenvalue weighted by Crippen LogP contribution is 2.25. The van der Waals surface area contributed by atoms with Crippen molar-refractivity contribution in [2.45, 2.75) is 40.5 Å². The molecule has 2 rings (SSSR count). The van der Waals surface area contributed by atoms with Crippen LogP contribution in [-0.4, -0.2) is 12.1 Å². The van der Waals surface area contributed by atoms with Gasteiger partial charge in [-0.1, -0.05) is 52.1 Å². The zero-order valence-electron chi connectivity index (χ0n) is 12.5. The van der Waals surface area contributed by atoms with E-state index in [4.69, 9.17) is 16.3 Å². The Labute approximate surface area is 121 Å². The SMILES string of the molecule is CCC.CCC.COc1ccnc2cc(Cl)ccc12. The van der Waals surface area contributed by atoms with Gasteiger partial charge in [-0.05, 0) is 24.3 Å². The summed E-state index contributed by atoms with van der Waals surface area (Å²) in [7, 11) is 1.64. The van der Waals surface area contributed by atoms with E-state index in [2.05, 4.69) is 32.7 Å². The van der Waals surface area contributed by atoms with Gasteiger partial charge in [0.15, 0.2) is 0 Å². The number of rotatable bonds is 1. The van der Waals surface area contributed by atoms with E-state index in [9.17, 15) is 0 Å². The van der Waals surface area contributed by atoms with Crippen molar-refractivity contribution in [2.24, 2.45) is 0 Å². The molecule has 0 aliphatic rings. The highest BCUT2D eigenvalue weighted by atomic mass is 35.5. The number of aromatic nitrogens is 1. The van der Waals surface area contributed by atoms with Crippen LogP contribution in [0.1, 0.15) is 40.5 Å². The second kappa shape index (κ2) is 10.6. The number of pyridine rings is 1. The van der Waals surface area contributed by atoms with Crippen molar-refractivity contribution < 1.29 is 4.74 Å². The third-order valence-corrected chi connectivity index (χ3v) is 2.12. The molecule has 0 N–H and O–H groups in total. The Morgan fingerprint density at radius 1 is 1.05 bits per heavy atom. The number of halogens is 1. The van der Waals surface area contributed by atoms with Crippen molar-refractivity contribution in [3.05, 3.63) is 35.5 Å². The second-order valence-corrected chi connectivity index (χ2v) is 4.53. The van der Waals surface area contributed by atoms with Crippen LogP contribution in [0, 0.1) is 0 Å². The number of hydrogen-bond acceptors (Lipinski definition) is 2. The maximum Gasteiger partial charge on any atom is 0.129 e. The van der Waals surface area contributed by atoms with Gasteiger partial charge < -0.3 is 4.74 Å². The Kier molecular flexibility index (Phi) is 9.91. The lowest BCUT2D eigenvalue weighted by Crippen LogP contribution is -1.86. The molecule has 0 saturated heterocycles. The fourth-order valence-electron chi connectivity index (χ4n) is 1.27. The fourth-order valence-corrected chi connectivity index (χ4v) is 1.44. The fraction of sp³-hybridized carbons (Fsp3) is 0.438. The second-order valence-electron chi connectivity index (χ2n) is 4.09. The molecule has 0 fully saturated rings. The van der Waals surface area contributed by atoms with Gasteiger partial charge in [0.25, 0.3) is 0 Å². The summed E-state index contributed by atoms with van der Waals surface area (Å²) in [4.78, 5) is 4.19. The molecule has 0 radical (unpaired) electrons. The van der Waals surface area contributed by atoms with Gasteiger partial charge in [0.1, 0.15) is 5.75 Å². The number of methoxy groups -OCH3 is 1. The highest BCUT2D eigenvalue weighted by molar-refractivity contribution is 6.31. The quantitative estimate of drug-likeness (QED) is 0.666. The maximum atomic E-state index is 5.83. The molecule has 0 spiro atoms. The molecule has 0 bridgehead atoms. The van der Waals surface area contributed by atoms with Crippen molar-refractivity contribution in [1.82, 2.24) is 4.98 Å². The number of fused-ring (bicyclic) bond motifs is 1. The van der Waals surface area contributed by atoms with E-state index in [1.54, 1.807) is 13.3 Å². The first-order valence-electron chi connectivity index (χ1n) is 6.72. The highest BCUT2D eigenvalue weighted by Gasteiger charge is 2.01. The van der Waals surface area contributed by atoms with Gasteiger partial charge in [0, 0.05) is 16.6 Å². The van der Waals surface area contributed by atoms with E-state index < -0.39 is 0 Å². The summed E-state index contributed by atoms with van der Waals surface area (Å²) in [6, 6.07) is 7.38. The summed E-state index contributed by atoms with van der Waals surface area (Å²) in [6.45, 7) is 8.50. The lowest BCUT2D eigenvalue weighted by molar-refractivity contribution is 0.419. The van der Waals surface area contributed by atoms with Crippen LogP contribution < -0.4 is 4.74 Å². The molecule has 2 aromatic rings. The minimum atomic E-state index is 0.688. The molecule has 0 aliphatic carbocycles. The first-order chi connectivity index (χ1) is 9.14. The zero-order chi connectivity index (χ0) is 14.7. The molecule has 106 valence electrons. The number of benzene rings is 1. The van der Waals surface area contributed by atoms with Crippen LogP contribution >= 0.6 is 11.6 Å². The monoisotopic (exact) mass is 281 g/mol. The normalized spacial score (nSPS) is 8.95. The van der Waals surface area contributed by atoms with Gasteiger partial charge in [-0.2, -0.15) is 0 Å². The summed E-state index contributed by atoms with van der Waals surface area (Å²) in [5, 5.41) is 1.67. The van der Waals surface area contributed by atoms with Crippen molar-refractivity contribution in [1.29, 1.82) is 0 Å². The number of ether oxygens (including phenoxy) is 1. The molecule has 19 heavy (non-hydrogen) atoms. The summed E-state index contributed by atoms with van der Waals surface area (Å²) < 4.78 is 5.18. The zero-order valence-corrected chi connectivity index (χ0v) is 13.3. The molecule has 0 saturated carbocycles. The van der Waals surface area contributed by atoms with E-state index in [1.165, 1.54) is 12.8 Å². The van der Waals surface area contributed by atoms with Crippen LogP contribution in [0.4, 0.5) is 0 Å². The Bertz CT molecular complexity index is 469. The lowest BCUT2D eigenvalue weighted by atomic mass is 10.2. The van der Waals surface area contributed by atoms with Crippen LogP contribution in [0.25, 0.3) is 10.9 Å². The molecule has 1 heterocycles. The minimum absolute atomic E-state index is 0.688. The first-order valence-corrected chi connectivity index (χ1v) is 7.10. The van der Waals surface area contributed by atoms with Crippen LogP contribution in [0.5, 0.6) is 5.75 Å². The van der Waals surface area contributed by atoms with E-state index in [0.717, 1.165) is 16.7 Å². The summed E-state index contributed by atoms with van der Waals surface area (Å²) >= 11 is 5.83. The summed E-state index contributed by atoms with van der Waals surface area (Å²) in [6.07, 6.45) is 4.21. The van der Waals surface area contributed by atoms with Crippen LogP contribution in [0.15, 0.2) is 30.5 Å². The van der Waals surface area contributed by atoms with Crippen LogP contribution in [0.3, 0.4) is 0 Å². The van der Waals surface area contributed by atoms with Crippen LogP contribution in [-0.2, 0) is 0 Å². The van der Waals surface area contributed by atoms with E-state index in [-0.39, 0.29) is 0 Å². The van der Waals surface area contributed by atoms with Crippen molar-refractivity contribution >= 4 is 22.5 Å². The molecular weight excluding hydrogens is 258 g/mol. The predicted molar refractivity (Wildman–Crippen MR) is 85.2 cm³/mol. The molecule has 3 heteroatoms. The molecule has 0 atom stereocenters. The molecule has 0 aliphatic heterocycles. The minimum Gasteiger partial charge on any atom is -0.496 e. The van der Waals surface area contributed by atoms with Gasteiger partial charge in [0.2, 0.25) is 0 Å². The van der Waals surface area contributed by atoms with E-state index in [1.807, 2.05) is 24.3 Å². The third kappa shape index (κ3) is 6.44. The van der Waals surface area contributed by atoms with Gasteiger partial charge in [-0.15, -0.1) is 0 Å². The molecule has 2 nitrogen and oxygen atoms in total. The van der Waals surface area contributed by atoms with Gasteiger partial charge in [-0.25, -0.2) is 0 Å². The molecule has 1 aromatic carbocycles. The van der Waals surface area contributed by atoms with Gasteiger partial charge >= 0.3 is 0 Å².